The molecule has 0 bridgehead atoms. The fourth-order valence-corrected chi connectivity index (χ4v) is 2.93. The molecule has 1 aliphatic carbocycles. The molecule has 1 heterocycles. The number of benzene rings is 1. The van der Waals surface area contributed by atoms with Crippen LogP contribution < -0.4 is 4.74 Å². The van der Waals surface area contributed by atoms with Crippen LogP contribution in [0.15, 0.2) is 24.4 Å². The molecule has 0 saturated carbocycles. The van der Waals surface area contributed by atoms with Crippen molar-refractivity contribution in [1.82, 2.24) is 4.98 Å². The Bertz CT molecular complexity index is 657. The molecule has 1 aromatic heterocycles. The molecule has 0 aliphatic heterocycles. The van der Waals surface area contributed by atoms with Crippen molar-refractivity contribution < 1.29 is 9.13 Å². The Hall–Kier alpha value is -1.61. The maximum absolute atomic E-state index is 14.2. The summed E-state index contributed by atoms with van der Waals surface area (Å²) in [6.07, 6.45) is 5.99. The number of fused-ring (bicyclic) bond motifs is 1. The predicted octanol–water partition coefficient (Wildman–Crippen LogP) is 4.43. The second-order valence-electron chi connectivity index (χ2n) is 4.99. The van der Waals surface area contributed by atoms with Crippen LogP contribution in [0.25, 0.3) is 11.1 Å². The number of ether oxygens (including phenoxy) is 1. The van der Waals surface area contributed by atoms with Gasteiger partial charge in [-0.1, -0.05) is 11.6 Å². The number of aryl methyl sites for hydroxylation is 2. The minimum absolute atomic E-state index is 0.109. The van der Waals surface area contributed by atoms with Crippen molar-refractivity contribution in [2.45, 2.75) is 25.7 Å². The highest BCUT2D eigenvalue weighted by Gasteiger charge is 2.18. The number of rotatable bonds is 2. The molecule has 104 valence electrons. The van der Waals surface area contributed by atoms with Gasteiger partial charge in [0.15, 0.2) is 11.0 Å². The molecule has 0 saturated heterocycles. The van der Waals surface area contributed by atoms with Gasteiger partial charge in [0.25, 0.3) is 0 Å². The topological polar surface area (TPSA) is 22.1 Å². The van der Waals surface area contributed by atoms with Gasteiger partial charge in [-0.3, -0.25) is 0 Å². The lowest BCUT2D eigenvalue weighted by atomic mass is 9.88. The number of halogens is 2. The fraction of sp³-hybridized carbons (Fsp3) is 0.312. The molecule has 4 heteroatoms. The lowest BCUT2D eigenvalue weighted by Crippen LogP contribution is -2.04. The molecule has 20 heavy (non-hydrogen) atoms. The van der Waals surface area contributed by atoms with Crippen LogP contribution in [0.5, 0.6) is 5.75 Å². The zero-order chi connectivity index (χ0) is 14.1. The van der Waals surface area contributed by atoms with E-state index in [-0.39, 0.29) is 5.15 Å². The van der Waals surface area contributed by atoms with E-state index >= 15 is 0 Å². The van der Waals surface area contributed by atoms with Crippen LogP contribution in [0.4, 0.5) is 4.39 Å². The maximum Gasteiger partial charge on any atom is 0.168 e. The number of hydrogen-bond donors (Lipinski definition) is 0. The van der Waals surface area contributed by atoms with Crippen molar-refractivity contribution in [2.75, 3.05) is 7.11 Å². The van der Waals surface area contributed by atoms with Crippen molar-refractivity contribution >= 4 is 11.6 Å². The zero-order valence-electron chi connectivity index (χ0n) is 11.2. The van der Waals surface area contributed by atoms with Gasteiger partial charge in [-0.05, 0) is 55.0 Å². The van der Waals surface area contributed by atoms with E-state index in [1.165, 1.54) is 30.2 Å². The maximum atomic E-state index is 14.2. The molecular formula is C16H15ClFNO. The van der Waals surface area contributed by atoms with E-state index in [0.29, 0.717) is 11.3 Å². The van der Waals surface area contributed by atoms with Crippen LogP contribution in [0.1, 0.15) is 24.0 Å². The first-order valence-electron chi connectivity index (χ1n) is 6.71. The van der Waals surface area contributed by atoms with E-state index < -0.39 is 5.82 Å². The van der Waals surface area contributed by atoms with Crippen LogP contribution in [0, 0.1) is 5.82 Å². The van der Waals surface area contributed by atoms with Gasteiger partial charge in [-0.15, -0.1) is 0 Å². The monoisotopic (exact) mass is 291 g/mol. The summed E-state index contributed by atoms with van der Waals surface area (Å²) < 4.78 is 19.6. The number of nitrogens with zero attached hydrogens (tertiary/aromatic N) is 1. The summed E-state index contributed by atoms with van der Waals surface area (Å²) in [5.41, 5.74) is 3.77. The van der Waals surface area contributed by atoms with E-state index in [2.05, 4.69) is 4.98 Å². The normalized spacial score (nSPS) is 13.9. The molecule has 0 atom stereocenters. The third-order valence-electron chi connectivity index (χ3n) is 3.80. The molecule has 0 spiro atoms. The van der Waals surface area contributed by atoms with Gasteiger partial charge in [0.1, 0.15) is 5.75 Å². The average Bonchev–Trinajstić information content (AvgIpc) is 2.48. The minimum Gasteiger partial charge on any atom is -0.496 e. The van der Waals surface area contributed by atoms with Crippen molar-refractivity contribution in [3.8, 4) is 16.9 Å². The Morgan fingerprint density at radius 1 is 1.15 bits per heavy atom. The Morgan fingerprint density at radius 3 is 2.55 bits per heavy atom. The molecule has 1 aliphatic rings. The van der Waals surface area contributed by atoms with Gasteiger partial charge in [0, 0.05) is 17.3 Å². The van der Waals surface area contributed by atoms with Gasteiger partial charge in [-0.2, -0.15) is 0 Å². The standard InChI is InChI=1S/C16H15ClFNO/c1-20-14-9-11-5-3-2-4-10(11)8-13(14)12-6-7-19-16(17)15(12)18/h6-9H,2-5H2,1H3. The summed E-state index contributed by atoms with van der Waals surface area (Å²) in [5.74, 6) is 0.190. The Kier molecular flexibility index (Phi) is 3.62. The zero-order valence-corrected chi connectivity index (χ0v) is 12.0. The average molecular weight is 292 g/mol. The summed E-state index contributed by atoms with van der Waals surface area (Å²) in [7, 11) is 1.61. The predicted molar refractivity (Wildman–Crippen MR) is 77.8 cm³/mol. The number of methoxy groups -OCH3 is 1. The quantitative estimate of drug-likeness (QED) is 0.764. The minimum atomic E-state index is -0.497. The summed E-state index contributed by atoms with van der Waals surface area (Å²) in [6.45, 7) is 0. The Balaban J connectivity index is 2.19. The second-order valence-corrected chi connectivity index (χ2v) is 5.35. The van der Waals surface area contributed by atoms with Crippen LogP contribution in [-0.2, 0) is 12.8 Å². The van der Waals surface area contributed by atoms with Crippen molar-refractivity contribution in [3.63, 3.8) is 0 Å². The van der Waals surface area contributed by atoms with Gasteiger partial charge in [0.2, 0.25) is 0 Å². The van der Waals surface area contributed by atoms with Crippen molar-refractivity contribution in [1.29, 1.82) is 0 Å². The van der Waals surface area contributed by atoms with E-state index in [1.807, 2.05) is 12.1 Å². The molecule has 2 nitrogen and oxygen atoms in total. The largest absolute Gasteiger partial charge is 0.496 e. The summed E-state index contributed by atoms with van der Waals surface area (Å²) >= 11 is 5.78. The lowest BCUT2D eigenvalue weighted by molar-refractivity contribution is 0.415. The summed E-state index contributed by atoms with van der Waals surface area (Å²) in [6, 6.07) is 5.69. The van der Waals surface area contributed by atoms with Crippen LogP contribution in [-0.4, -0.2) is 12.1 Å². The van der Waals surface area contributed by atoms with Crippen molar-refractivity contribution in [3.05, 3.63) is 46.5 Å². The van der Waals surface area contributed by atoms with Gasteiger partial charge >= 0.3 is 0 Å². The molecule has 3 rings (SSSR count). The molecule has 0 N–H and O–H groups in total. The van der Waals surface area contributed by atoms with Gasteiger partial charge < -0.3 is 4.74 Å². The third kappa shape index (κ3) is 2.27. The highest BCUT2D eigenvalue weighted by Crippen LogP contribution is 2.37. The molecule has 0 fully saturated rings. The number of pyridine rings is 1. The molecule has 1 aromatic carbocycles. The van der Waals surface area contributed by atoms with E-state index in [9.17, 15) is 4.39 Å². The van der Waals surface area contributed by atoms with Crippen LogP contribution in [0.2, 0.25) is 5.15 Å². The van der Waals surface area contributed by atoms with Crippen LogP contribution in [0.3, 0.4) is 0 Å². The van der Waals surface area contributed by atoms with Gasteiger partial charge in [0.05, 0.1) is 7.11 Å². The Morgan fingerprint density at radius 2 is 1.85 bits per heavy atom. The first-order chi connectivity index (χ1) is 9.70. The third-order valence-corrected chi connectivity index (χ3v) is 4.06. The first-order valence-corrected chi connectivity index (χ1v) is 7.08. The number of aromatic nitrogens is 1. The fourth-order valence-electron chi connectivity index (χ4n) is 2.77. The highest BCUT2D eigenvalue weighted by molar-refractivity contribution is 6.29. The molecule has 0 amide bonds. The molecule has 0 radical (unpaired) electrons. The lowest BCUT2D eigenvalue weighted by Gasteiger charge is -2.19. The van der Waals surface area contributed by atoms with Crippen LogP contribution >= 0.6 is 11.6 Å². The summed E-state index contributed by atoms with van der Waals surface area (Å²) in [5, 5.41) is -0.109. The van der Waals surface area contributed by atoms with E-state index in [0.717, 1.165) is 18.4 Å². The first kappa shape index (κ1) is 13.4. The van der Waals surface area contributed by atoms with E-state index in [1.54, 1.807) is 13.2 Å². The smallest absolute Gasteiger partial charge is 0.168 e. The highest BCUT2D eigenvalue weighted by atomic mass is 35.5. The van der Waals surface area contributed by atoms with E-state index in [4.69, 9.17) is 16.3 Å². The molecule has 2 aromatic rings. The molecular weight excluding hydrogens is 277 g/mol. The number of hydrogen-bond acceptors (Lipinski definition) is 2. The summed E-state index contributed by atoms with van der Waals surface area (Å²) in [4.78, 5) is 3.76. The molecule has 0 unspecified atom stereocenters. The second kappa shape index (κ2) is 5.41. The van der Waals surface area contributed by atoms with Crippen molar-refractivity contribution in [2.24, 2.45) is 0 Å². The van der Waals surface area contributed by atoms with Gasteiger partial charge in [-0.25, -0.2) is 9.37 Å². The SMILES string of the molecule is COc1cc2c(cc1-c1ccnc(Cl)c1F)CCCC2. The Labute approximate surface area is 122 Å².